The smallest absolute Gasteiger partial charge is 0.246 e. The fraction of sp³-hybridized carbons (Fsp3) is 0.917. The van der Waals surface area contributed by atoms with Gasteiger partial charge in [0, 0.05) is 19.1 Å². The molecule has 5 nitrogen and oxygen atoms in total. The van der Waals surface area contributed by atoms with Crippen LogP contribution in [0.25, 0.3) is 0 Å². The van der Waals surface area contributed by atoms with E-state index < -0.39 is 0 Å². The largest absolute Gasteiger partial charge is 0.377 e. The molecular formula is C12H26N2O3. The number of ether oxygens (including phenoxy) is 2. The molecule has 0 aliphatic rings. The van der Waals surface area contributed by atoms with Crippen molar-refractivity contribution in [3.63, 3.8) is 0 Å². The molecule has 1 amide bonds. The molecule has 0 saturated carbocycles. The Kier molecular flexibility index (Phi) is 10.1. The van der Waals surface area contributed by atoms with Gasteiger partial charge in [-0.15, -0.1) is 0 Å². The molecule has 0 aromatic heterocycles. The summed E-state index contributed by atoms with van der Waals surface area (Å²) in [6.07, 6.45) is 0.199. The maximum atomic E-state index is 11.3. The predicted molar refractivity (Wildman–Crippen MR) is 68.1 cm³/mol. The molecule has 5 heteroatoms. The molecular weight excluding hydrogens is 220 g/mol. The maximum absolute atomic E-state index is 11.3. The Morgan fingerprint density at radius 3 is 2.41 bits per heavy atom. The Hall–Kier alpha value is -0.650. The lowest BCUT2D eigenvalue weighted by Crippen LogP contribution is -2.33. The number of hydrogen-bond donors (Lipinski definition) is 2. The number of rotatable bonds is 10. The molecule has 0 aromatic rings. The van der Waals surface area contributed by atoms with Gasteiger partial charge >= 0.3 is 0 Å². The molecule has 0 heterocycles. The number of nitrogens with one attached hydrogen (secondary N) is 2. The molecule has 102 valence electrons. The molecule has 0 aliphatic heterocycles. The Labute approximate surface area is 104 Å². The van der Waals surface area contributed by atoms with E-state index in [2.05, 4.69) is 24.5 Å². The van der Waals surface area contributed by atoms with Gasteiger partial charge in [-0.25, -0.2) is 0 Å². The highest BCUT2D eigenvalue weighted by Gasteiger charge is 2.01. The molecule has 0 fully saturated rings. The van der Waals surface area contributed by atoms with Crippen molar-refractivity contribution in [2.24, 2.45) is 0 Å². The fourth-order valence-electron chi connectivity index (χ4n) is 1.12. The van der Waals surface area contributed by atoms with Gasteiger partial charge in [0.2, 0.25) is 5.91 Å². The topological polar surface area (TPSA) is 59.6 Å². The predicted octanol–water partition coefficient (Wildman–Crippen LogP) is 0.542. The summed E-state index contributed by atoms with van der Waals surface area (Å²) in [6.45, 7) is 10.6. The summed E-state index contributed by atoms with van der Waals surface area (Å²) in [5, 5.41) is 5.94. The number of carbonyl (C=O) groups excluding carboxylic acids is 1. The zero-order valence-corrected chi connectivity index (χ0v) is 11.4. The molecule has 0 atom stereocenters. The van der Waals surface area contributed by atoms with Crippen LogP contribution in [0.15, 0.2) is 0 Å². The number of carbonyl (C=O) groups is 1. The highest BCUT2D eigenvalue weighted by Crippen LogP contribution is 1.85. The van der Waals surface area contributed by atoms with Crippen molar-refractivity contribution in [2.75, 3.05) is 32.9 Å². The van der Waals surface area contributed by atoms with Crippen molar-refractivity contribution in [1.82, 2.24) is 10.6 Å². The van der Waals surface area contributed by atoms with Crippen molar-refractivity contribution >= 4 is 5.91 Å². The first-order chi connectivity index (χ1) is 8.02. The third kappa shape index (κ3) is 13.3. The van der Waals surface area contributed by atoms with Crippen molar-refractivity contribution < 1.29 is 14.3 Å². The van der Waals surface area contributed by atoms with E-state index in [1.54, 1.807) is 0 Å². The molecule has 2 N–H and O–H groups in total. The minimum absolute atomic E-state index is 0.0955. The molecule has 0 rings (SSSR count). The molecule has 0 unspecified atom stereocenters. The van der Waals surface area contributed by atoms with Crippen LogP contribution in [0.2, 0.25) is 0 Å². The number of amides is 1. The van der Waals surface area contributed by atoms with Crippen LogP contribution in [0.1, 0.15) is 27.7 Å². The Bertz CT molecular complexity index is 196. The fourth-order valence-corrected chi connectivity index (χ4v) is 1.12. The quantitative estimate of drug-likeness (QED) is 0.552. The van der Waals surface area contributed by atoms with E-state index in [0.717, 1.165) is 6.54 Å². The Balaban J connectivity index is 3.23. The van der Waals surface area contributed by atoms with Crippen molar-refractivity contribution in [3.8, 4) is 0 Å². The average molecular weight is 246 g/mol. The van der Waals surface area contributed by atoms with Crippen LogP contribution in [0.3, 0.4) is 0 Å². The van der Waals surface area contributed by atoms with Crippen LogP contribution in [-0.2, 0) is 14.3 Å². The molecule has 0 bridgehead atoms. The first-order valence-corrected chi connectivity index (χ1v) is 6.21. The summed E-state index contributed by atoms with van der Waals surface area (Å²) >= 11 is 0. The third-order valence-corrected chi connectivity index (χ3v) is 1.91. The van der Waals surface area contributed by atoms with E-state index in [1.807, 2.05) is 13.8 Å². The summed E-state index contributed by atoms with van der Waals surface area (Å²) in [5.41, 5.74) is 0. The summed E-state index contributed by atoms with van der Waals surface area (Å²) in [5.74, 6) is -0.0955. The van der Waals surface area contributed by atoms with Gasteiger partial charge in [0.15, 0.2) is 0 Å². The van der Waals surface area contributed by atoms with Gasteiger partial charge in [-0.2, -0.15) is 0 Å². The SMILES string of the molecule is CC(C)NCCOCC(=O)NCCOC(C)C. The first-order valence-electron chi connectivity index (χ1n) is 6.21. The Morgan fingerprint density at radius 1 is 1.12 bits per heavy atom. The van der Waals surface area contributed by atoms with Gasteiger partial charge in [-0.3, -0.25) is 4.79 Å². The zero-order chi connectivity index (χ0) is 13.1. The molecule has 0 spiro atoms. The van der Waals surface area contributed by atoms with Crippen LogP contribution >= 0.6 is 0 Å². The van der Waals surface area contributed by atoms with Crippen LogP contribution in [-0.4, -0.2) is 51.0 Å². The maximum Gasteiger partial charge on any atom is 0.246 e. The van der Waals surface area contributed by atoms with Gasteiger partial charge < -0.3 is 20.1 Å². The van der Waals surface area contributed by atoms with Crippen LogP contribution in [0.5, 0.6) is 0 Å². The standard InChI is InChI=1S/C12H26N2O3/c1-10(2)13-5-7-16-9-12(15)14-6-8-17-11(3)4/h10-11,13H,5-9H2,1-4H3,(H,14,15). The van der Waals surface area contributed by atoms with E-state index in [1.165, 1.54) is 0 Å². The lowest BCUT2D eigenvalue weighted by atomic mass is 10.4. The minimum Gasteiger partial charge on any atom is -0.377 e. The second-order valence-corrected chi connectivity index (χ2v) is 4.43. The zero-order valence-electron chi connectivity index (χ0n) is 11.4. The summed E-state index contributed by atoms with van der Waals surface area (Å²) in [6, 6.07) is 0.445. The lowest BCUT2D eigenvalue weighted by molar-refractivity contribution is -0.125. The van der Waals surface area contributed by atoms with Gasteiger partial charge in [-0.1, -0.05) is 13.8 Å². The minimum atomic E-state index is -0.0955. The molecule has 0 aliphatic carbocycles. The highest BCUT2D eigenvalue weighted by atomic mass is 16.5. The van der Waals surface area contributed by atoms with E-state index in [-0.39, 0.29) is 18.6 Å². The number of hydrogen-bond acceptors (Lipinski definition) is 4. The average Bonchev–Trinajstić information content (AvgIpc) is 2.23. The van der Waals surface area contributed by atoms with Crippen LogP contribution in [0, 0.1) is 0 Å². The highest BCUT2D eigenvalue weighted by molar-refractivity contribution is 5.77. The van der Waals surface area contributed by atoms with E-state index in [9.17, 15) is 4.79 Å². The van der Waals surface area contributed by atoms with Crippen LogP contribution < -0.4 is 10.6 Å². The van der Waals surface area contributed by atoms with E-state index >= 15 is 0 Å². The summed E-state index contributed by atoms with van der Waals surface area (Å²) in [4.78, 5) is 11.3. The summed E-state index contributed by atoms with van der Waals surface area (Å²) < 4.78 is 10.5. The summed E-state index contributed by atoms with van der Waals surface area (Å²) in [7, 11) is 0. The molecule has 0 aromatic carbocycles. The van der Waals surface area contributed by atoms with Gasteiger partial charge in [0.05, 0.1) is 19.3 Å². The van der Waals surface area contributed by atoms with Crippen LogP contribution in [0.4, 0.5) is 0 Å². The first kappa shape index (κ1) is 16.4. The Morgan fingerprint density at radius 2 is 1.82 bits per heavy atom. The second kappa shape index (κ2) is 10.5. The van der Waals surface area contributed by atoms with Crippen molar-refractivity contribution in [3.05, 3.63) is 0 Å². The normalized spacial score (nSPS) is 11.2. The van der Waals surface area contributed by atoms with E-state index in [4.69, 9.17) is 9.47 Å². The van der Waals surface area contributed by atoms with Gasteiger partial charge in [0.1, 0.15) is 6.61 Å². The monoisotopic (exact) mass is 246 g/mol. The van der Waals surface area contributed by atoms with Gasteiger partial charge in [0.25, 0.3) is 0 Å². The second-order valence-electron chi connectivity index (χ2n) is 4.43. The molecule has 0 radical (unpaired) electrons. The van der Waals surface area contributed by atoms with E-state index in [0.29, 0.717) is 25.8 Å². The van der Waals surface area contributed by atoms with Gasteiger partial charge in [-0.05, 0) is 13.8 Å². The molecule has 0 saturated heterocycles. The third-order valence-electron chi connectivity index (χ3n) is 1.91. The lowest BCUT2D eigenvalue weighted by Gasteiger charge is -2.10. The van der Waals surface area contributed by atoms with Crippen molar-refractivity contribution in [1.29, 1.82) is 0 Å². The van der Waals surface area contributed by atoms with Crippen molar-refractivity contribution in [2.45, 2.75) is 39.8 Å². The molecule has 17 heavy (non-hydrogen) atoms.